The second-order valence-corrected chi connectivity index (χ2v) is 3.29. The topological polar surface area (TPSA) is 83.0 Å². The van der Waals surface area contributed by atoms with Crippen LogP contribution in [0.4, 0.5) is 0 Å². The van der Waals surface area contributed by atoms with Gasteiger partial charge in [-0.25, -0.2) is 5.48 Å². The average molecular weight is 247 g/mol. The fraction of sp³-hybridized carbons (Fsp3) is 0. The summed E-state index contributed by atoms with van der Waals surface area (Å²) in [5, 5.41) is 16.2. The maximum atomic E-state index is 8.31. The first-order valence-electron chi connectivity index (χ1n) is 3.85. The molecule has 0 aliphatic heterocycles. The molecule has 0 spiro atoms. The minimum atomic E-state index is -0.227. The van der Waals surface area contributed by atoms with Crippen LogP contribution in [0.1, 0.15) is 5.56 Å². The van der Waals surface area contributed by atoms with E-state index in [2.05, 4.69) is 10.2 Å². The van der Waals surface area contributed by atoms with E-state index in [4.69, 9.17) is 34.1 Å². The number of nitrogens with one attached hydrogen (secondary N) is 1. The number of guanidine groups is 1. The molecule has 0 aliphatic carbocycles. The van der Waals surface area contributed by atoms with Crippen LogP contribution in [0.25, 0.3) is 0 Å². The van der Waals surface area contributed by atoms with Crippen molar-refractivity contribution in [3.63, 3.8) is 0 Å². The van der Waals surface area contributed by atoms with Gasteiger partial charge >= 0.3 is 0 Å². The first-order chi connectivity index (χ1) is 7.15. The van der Waals surface area contributed by atoms with Gasteiger partial charge in [0, 0.05) is 5.56 Å². The molecule has 0 saturated heterocycles. The second-order valence-electron chi connectivity index (χ2n) is 2.48. The van der Waals surface area contributed by atoms with E-state index < -0.39 is 0 Å². The van der Waals surface area contributed by atoms with Crippen molar-refractivity contribution in [2.24, 2.45) is 15.9 Å². The third-order valence-corrected chi connectivity index (χ3v) is 2.13. The molecule has 0 fully saturated rings. The molecule has 1 rings (SSSR count). The molecule has 4 N–H and O–H groups in total. The van der Waals surface area contributed by atoms with E-state index in [1.54, 1.807) is 23.7 Å². The van der Waals surface area contributed by atoms with E-state index in [1.165, 1.54) is 6.21 Å². The van der Waals surface area contributed by atoms with Crippen LogP contribution >= 0.6 is 23.2 Å². The zero-order valence-electron chi connectivity index (χ0n) is 7.48. The molecule has 0 unspecified atom stereocenters. The summed E-state index contributed by atoms with van der Waals surface area (Å²) >= 11 is 11.7. The molecule has 0 amide bonds. The van der Waals surface area contributed by atoms with Crippen molar-refractivity contribution in [2.75, 3.05) is 0 Å². The molecule has 7 heteroatoms. The average Bonchev–Trinajstić information content (AvgIpc) is 2.22. The fourth-order valence-corrected chi connectivity index (χ4v) is 1.30. The molecule has 0 bridgehead atoms. The highest BCUT2D eigenvalue weighted by Gasteiger charge is 2.01. The maximum Gasteiger partial charge on any atom is 0.237 e. The summed E-state index contributed by atoms with van der Waals surface area (Å²) in [4.78, 5) is 0. The van der Waals surface area contributed by atoms with Crippen LogP contribution in [0.3, 0.4) is 0 Å². The summed E-state index contributed by atoms with van der Waals surface area (Å²) in [6, 6.07) is 5.06. The number of hydrogen-bond acceptors (Lipinski definition) is 3. The number of nitrogens with zero attached hydrogens (tertiary/aromatic N) is 2. The molecule has 0 radical (unpaired) electrons. The highest BCUT2D eigenvalue weighted by atomic mass is 35.5. The van der Waals surface area contributed by atoms with Gasteiger partial charge in [0.15, 0.2) is 0 Å². The quantitative estimate of drug-likeness (QED) is 0.422. The van der Waals surface area contributed by atoms with Crippen molar-refractivity contribution in [2.45, 2.75) is 0 Å². The zero-order valence-corrected chi connectivity index (χ0v) is 9.00. The van der Waals surface area contributed by atoms with Crippen molar-refractivity contribution in [3.05, 3.63) is 33.8 Å². The van der Waals surface area contributed by atoms with Crippen molar-refractivity contribution in [1.29, 1.82) is 0 Å². The molecular formula is C8H8Cl2N4O. The summed E-state index contributed by atoms with van der Waals surface area (Å²) in [6.07, 6.45) is 1.34. The van der Waals surface area contributed by atoms with E-state index in [0.29, 0.717) is 15.6 Å². The third kappa shape index (κ3) is 3.39. The van der Waals surface area contributed by atoms with Crippen LogP contribution in [0.5, 0.6) is 0 Å². The Bertz CT molecular complexity index is 385. The van der Waals surface area contributed by atoms with Gasteiger partial charge in [0.1, 0.15) is 0 Å². The molecule has 15 heavy (non-hydrogen) atoms. The minimum absolute atomic E-state index is 0.227. The van der Waals surface area contributed by atoms with Crippen molar-refractivity contribution in [3.8, 4) is 0 Å². The molecule has 80 valence electrons. The Morgan fingerprint density at radius 1 is 1.40 bits per heavy atom. The normalized spacial score (nSPS) is 12.1. The maximum absolute atomic E-state index is 8.31. The summed E-state index contributed by atoms with van der Waals surface area (Å²) in [5.41, 5.74) is 7.29. The van der Waals surface area contributed by atoms with Crippen molar-refractivity contribution < 1.29 is 5.21 Å². The predicted molar refractivity (Wildman–Crippen MR) is 60.6 cm³/mol. The highest BCUT2D eigenvalue weighted by Crippen LogP contribution is 2.22. The van der Waals surface area contributed by atoms with Crippen LogP contribution in [0, 0.1) is 0 Å². The van der Waals surface area contributed by atoms with E-state index in [0.717, 1.165) is 0 Å². The summed E-state index contributed by atoms with van der Waals surface area (Å²) in [7, 11) is 0. The standard InChI is InChI=1S/C8H8Cl2N4O/c9-6-2-1-3-7(10)5(6)4-12-13-8(11)14-15/h1-4,15H,(H3,11,13,14)/b12-4+. The number of benzene rings is 1. The second kappa shape index (κ2) is 5.55. The predicted octanol–water partition coefficient (Wildman–Crippen LogP) is 1.62. The van der Waals surface area contributed by atoms with Gasteiger partial charge in [-0.3, -0.25) is 5.21 Å². The monoisotopic (exact) mass is 246 g/mol. The number of nitrogens with two attached hydrogens (primary N) is 1. The number of halogens is 2. The first kappa shape index (κ1) is 11.8. The van der Waals surface area contributed by atoms with Gasteiger partial charge in [0.2, 0.25) is 5.96 Å². The van der Waals surface area contributed by atoms with Gasteiger partial charge in [-0.15, -0.1) is 5.10 Å². The molecule has 0 saturated carbocycles. The molecule has 1 aromatic carbocycles. The Balaban J connectivity index is 2.90. The van der Waals surface area contributed by atoms with Gasteiger partial charge in [-0.1, -0.05) is 29.3 Å². The van der Waals surface area contributed by atoms with Crippen LogP contribution in [0.15, 0.2) is 28.4 Å². The van der Waals surface area contributed by atoms with Gasteiger partial charge in [0.25, 0.3) is 0 Å². The van der Waals surface area contributed by atoms with Crippen LogP contribution in [-0.2, 0) is 0 Å². The van der Waals surface area contributed by atoms with Crippen LogP contribution in [-0.4, -0.2) is 17.4 Å². The lowest BCUT2D eigenvalue weighted by Crippen LogP contribution is -2.27. The Kier molecular flexibility index (Phi) is 4.36. The molecule has 1 aromatic rings. The smallest absolute Gasteiger partial charge is 0.237 e. The largest absolute Gasteiger partial charge is 0.367 e. The van der Waals surface area contributed by atoms with Gasteiger partial charge in [0.05, 0.1) is 16.3 Å². The van der Waals surface area contributed by atoms with E-state index in [9.17, 15) is 0 Å². The summed E-state index contributed by atoms with van der Waals surface area (Å²) in [6.45, 7) is 0. The molecule has 0 heterocycles. The SMILES string of the molecule is NC(=N/N=C/c1c(Cl)cccc1Cl)NO. The number of hydrogen-bond donors (Lipinski definition) is 3. The number of rotatable bonds is 2. The molecular weight excluding hydrogens is 239 g/mol. The minimum Gasteiger partial charge on any atom is -0.367 e. The van der Waals surface area contributed by atoms with Gasteiger partial charge in [-0.05, 0) is 12.1 Å². The lowest BCUT2D eigenvalue weighted by molar-refractivity contribution is 0.232. The van der Waals surface area contributed by atoms with Crippen molar-refractivity contribution in [1.82, 2.24) is 5.48 Å². The fourth-order valence-electron chi connectivity index (χ4n) is 0.805. The van der Waals surface area contributed by atoms with E-state index in [-0.39, 0.29) is 5.96 Å². The Labute approximate surface area is 96.2 Å². The Hall–Kier alpha value is -1.30. The van der Waals surface area contributed by atoms with E-state index in [1.807, 2.05) is 0 Å². The van der Waals surface area contributed by atoms with Crippen LogP contribution in [0.2, 0.25) is 10.0 Å². The van der Waals surface area contributed by atoms with Gasteiger partial charge in [-0.2, -0.15) is 5.10 Å². The lowest BCUT2D eigenvalue weighted by atomic mass is 10.2. The van der Waals surface area contributed by atoms with Crippen molar-refractivity contribution >= 4 is 35.4 Å². The van der Waals surface area contributed by atoms with Gasteiger partial charge < -0.3 is 5.73 Å². The summed E-state index contributed by atoms with van der Waals surface area (Å²) in [5.74, 6) is -0.227. The number of hydroxylamine groups is 1. The lowest BCUT2D eigenvalue weighted by Gasteiger charge is -1.98. The molecule has 0 atom stereocenters. The zero-order chi connectivity index (χ0) is 11.3. The first-order valence-corrected chi connectivity index (χ1v) is 4.61. The molecule has 0 aliphatic rings. The van der Waals surface area contributed by atoms with E-state index >= 15 is 0 Å². The Morgan fingerprint density at radius 3 is 2.53 bits per heavy atom. The summed E-state index contributed by atoms with van der Waals surface area (Å²) < 4.78 is 0. The Morgan fingerprint density at radius 2 is 2.00 bits per heavy atom. The molecule has 0 aromatic heterocycles. The highest BCUT2D eigenvalue weighted by molar-refractivity contribution is 6.38. The van der Waals surface area contributed by atoms with Crippen LogP contribution < -0.4 is 11.2 Å². The molecule has 5 nitrogen and oxygen atoms in total. The third-order valence-electron chi connectivity index (χ3n) is 1.47.